The molecule has 35 heavy (non-hydrogen) atoms. The minimum Gasteiger partial charge on any atom is -0.444 e. The summed E-state index contributed by atoms with van der Waals surface area (Å²) in [6.07, 6.45) is 3.27. The Labute approximate surface area is 206 Å². The molecule has 6 nitrogen and oxygen atoms in total. The van der Waals surface area contributed by atoms with Crippen LogP contribution in [-0.4, -0.2) is 34.7 Å². The molecule has 4 rings (SSSR count). The summed E-state index contributed by atoms with van der Waals surface area (Å²) in [6.45, 7) is 16.1. The maximum atomic E-state index is 12.9. The van der Waals surface area contributed by atoms with Gasteiger partial charge in [0.2, 0.25) is 0 Å². The fraction of sp³-hybridized carbons (Fsp3) is 0.345. The van der Waals surface area contributed by atoms with E-state index in [-0.39, 0.29) is 12.5 Å². The molecule has 1 aliphatic carbocycles. The maximum absolute atomic E-state index is 12.9. The van der Waals surface area contributed by atoms with E-state index >= 15 is 0 Å². The van der Waals surface area contributed by atoms with Crippen molar-refractivity contribution in [2.24, 2.45) is 0 Å². The molecule has 1 fully saturated rings. The van der Waals surface area contributed by atoms with Crippen LogP contribution in [-0.2, 0) is 4.74 Å². The van der Waals surface area contributed by atoms with E-state index < -0.39 is 11.7 Å². The lowest BCUT2D eigenvalue weighted by atomic mass is 9.87. The number of hydrogen-bond acceptors (Lipinski definition) is 5. The summed E-state index contributed by atoms with van der Waals surface area (Å²) in [4.78, 5) is 19.2. The van der Waals surface area contributed by atoms with Crippen molar-refractivity contribution >= 4 is 22.8 Å². The van der Waals surface area contributed by atoms with E-state index in [1.165, 1.54) is 0 Å². The summed E-state index contributed by atoms with van der Waals surface area (Å²) < 4.78 is 11.9. The van der Waals surface area contributed by atoms with Gasteiger partial charge in [0.15, 0.2) is 11.5 Å². The van der Waals surface area contributed by atoms with Gasteiger partial charge >= 0.3 is 6.09 Å². The highest BCUT2D eigenvalue weighted by Crippen LogP contribution is 2.45. The second-order valence-corrected chi connectivity index (χ2v) is 9.99. The molecule has 1 saturated carbocycles. The molecule has 0 spiro atoms. The van der Waals surface area contributed by atoms with Gasteiger partial charge in [0, 0.05) is 24.6 Å². The zero-order valence-electron chi connectivity index (χ0n) is 20.9. The van der Waals surface area contributed by atoms with E-state index in [0.29, 0.717) is 34.7 Å². The molecule has 2 aromatic carbocycles. The highest BCUT2D eigenvalue weighted by atomic mass is 16.6. The number of aromatic nitrogens is 1. The van der Waals surface area contributed by atoms with Crippen LogP contribution in [0.15, 0.2) is 54.0 Å². The van der Waals surface area contributed by atoms with E-state index in [0.717, 1.165) is 35.1 Å². The van der Waals surface area contributed by atoms with Gasteiger partial charge in [0.1, 0.15) is 17.2 Å². The maximum Gasteiger partial charge on any atom is 0.410 e. The molecule has 0 N–H and O–H groups in total. The number of rotatable bonds is 7. The van der Waals surface area contributed by atoms with Gasteiger partial charge in [0.05, 0.1) is 5.56 Å². The minimum absolute atomic E-state index is 0.209. The van der Waals surface area contributed by atoms with Crippen LogP contribution in [0.25, 0.3) is 27.8 Å². The molecule has 1 heterocycles. The molecule has 0 unspecified atom stereocenters. The van der Waals surface area contributed by atoms with Crippen molar-refractivity contribution in [3.05, 3.63) is 72.1 Å². The van der Waals surface area contributed by atoms with Crippen molar-refractivity contribution in [2.45, 2.75) is 52.1 Å². The van der Waals surface area contributed by atoms with Crippen molar-refractivity contribution in [1.82, 2.24) is 9.88 Å². The number of amides is 1. The lowest BCUT2D eigenvalue weighted by Gasteiger charge is -2.28. The Balaban J connectivity index is 1.89. The van der Waals surface area contributed by atoms with Crippen molar-refractivity contribution in [3.8, 4) is 17.2 Å². The Morgan fingerprint density at radius 1 is 1.31 bits per heavy atom. The molecular formula is C29H31N3O3. The first-order valence-corrected chi connectivity index (χ1v) is 11.8. The first kappa shape index (κ1) is 24.3. The van der Waals surface area contributed by atoms with Crippen LogP contribution in [0.3, 0.4) is 0 Å². The molecule has 1 aliphatic rings. The van der Waals surface area contributed by atoms with E-state index in [9.17, 15) is 10.1 Å². The number of nitrogens with zero attached hydrogens (tertiary/aromatic N) is 3. The third kappa shape index (κ3) is 5.00. The monoisotopic (exact) mass is 469 g/mol. The molecule has 1 amide bonds. The summed E-state index contributed by atoms with van der Waals surface area (Å²) in [5.74, 6) is 0.944. The molecular weight excluding hydrogens is 438 g/mol. The van der Waals surface area contributed by atoms with Gasteiger partial charge in [-0.15, -0.1) is 6.58 Å². The van der Waals surface area contributed by atoms with Gasteiger partial charge in [-0.2, -0.15) is 5.26 Å². The molecule has 180 valence electrons. The smallest absolute Gasteiger partial charge is 0.410 e. The van der Waals surface area contributed by atoms with E-state index in [1.807, 2.05) is 58.0 Å². The number of benzene rings is 2. The molecule has 0 atom stereocenters. The second-order valence-electron chi connectivity index (χ2n) is 9.99. The second kappa shape index (κ2) is 9.42. The van der Waals surface area contributed by atoms with Crippen LogP contribution in [0.4, 0.5) is 4.79 Å². The van der Waals surface area contributed by atoms with Crippen molar-refractivity contribution in [3.63, 3.8) is 0 Å². The minimum atomic E-state index is -0.630. The van der Waals surface area contributed by atoms with Crippen LogP contribution in [0, 0.1) is 18.3 Å². The fourth-order valence-corrected chi connectivity index (χ4v) is 4.22. The zero-order chi connectivity index (χ0) is 25.3. The molecule has 1 aromatic heterocycles. The number of carbonyl (C=O) groups excluding carboxylic acids is 1. The highest BCUT2D eigenvalue weighted by molar-refractivity contribution is 6.01. The lowest BCUT2D eigenvalue weighted by molar-refractivity contribution is 0.0296. The topological polar surface area (TPSA) is 79.4 Å². The molecule has 6 heteroatoms. The van der Waals surface area contributed by atoms with E-state index in [1.54, 1.807) is 11.0 Å². The summed E-state index contributed by atoms with van der Waals surface area (Å²) in [7, 11) is 0. The number of oxazole rings is 1. The van der Waals surface area contributed by atoms with E-state index in [2.05, 4.69) is 19.2 Å². The SMILES string of the molecule is C=CCN(CC(=C)c1c(-c2ccccc2)c(C)c(C#N)c2nc(C3CC3)oc12)C(=O)OC(C)(C)C. The molecule has 0 radical (unpaired) electrons. The summed E-state index contributed by atoms with van der Waals surface area (Å²) in [5.41, 5.74) is 5.02. The van der Waals surface area contributed by atoms with Crippen LogP contribution >= 0.6 is 0 Å². The van der Waals surface area contributed by atoms with Gasteiger partial charge < -0.3 is 14.1 Å². The standard InChI is InChI=1S/C29H31N3O3/c1-7-15-32(28(33)35-29(4,5)6)17-18(2)23-24(20-11-9-8-10-12-20)19(3)22(16-30)25-26(23)34-27(31-25)21-13-14-21/h7-12,21H,1-2,13-15,17H2,3-6H3. The largest absolute Gasteiger partial charge is 0.444 e. The van der Waals surface area contributed by atoms with Gasteiger partial charge in [0.25, 0.3) is 0 Å². The molecule has 0 bridgehead atoms. The van der Waals surface area contributed by atoms with Crippen LogP contribution in [0.1, 0.15) is 62.1 Å². The van der Waals surface area contributed by atoms with Crippen LogP contribution in [0.2, 0.25) is 0 Å². The van der Waals surface area contributed by atoms with Crippen molar-refractivity contribution < 1.29 is 13.9 Å². The van der Waals surface area contributed by atoms with Gasteiger partial charge in [-0.1, -0.05) is 43.0 Å². The zero-order valence-corrected chi connectivity index (χ0v) is 20.9. The van der Waals surface area contributed by atoms with Gasteiger partial charge in [-0.3, -0.25) is 0 Å². The normalized spacial score (nSPS) is 13.3. The van der Waals surface area contributed by atoms with Gasteiger partial charge in [-0.25, -0.2) is 9.78 Å². The molecule has 0 saturated heterocycles. The first-order chi connectivity index (χ1) is 16.6. The van der Waals surface area contributed by atoms with E-state index in [4.69, 9.17) is 14.1 Å². The Kier molecular flexibility index (Phi) is 6.53. The fourth-order valence-electron chi connectivity index (χ4n) is 4.22. The number of fused-ring (bicyclic) bond motifs is 1. The Bertz CT molecular complexity index is 1340. The molecule has 0 aliphatic heterocycles. The highest BCUT2D eigenvalue weighted by Gasteiger charge is 2.32. The average Bonchev–Trinajstić information content (AvgIpc) is 3.56. The van der Waals surface area contributed by atoms with Crippen LogP contribution in [0.5, 0.6) is 0 Å². The Morgan fingerprint density at radius 3 is 2.57 bits per heavy atom. The average molecular weight is 470 g/mol. The predicted molar refractivity (Wildman–Crippen MR) is 138 cm³/mol. The Hall–Kier alpha value is -3.85. The van der Waals surface area contributed by atoms with Crippen molar-refractivity contribution in [2.75, 3.05) is 13.1 Å². The number of hydrogen-bond donors (Lipinski definition) is 0. The Morgan fingerprint density at radius 2 is 2.00 bits per heavy atom. The first-order valence-electron chi connectivity index (χ1n) is 11.8. The third-order valence-corrected chi connectivity index (χ3v) is 5.94. The molecule has 3 aromatic rings. The quantitative estimate of drug-likeness (QED) is 0.348. The lowest BCUT2D eigenvalue weighted by Crippen LogP contribution is -2.37. The van der Waals surface area contributed by atoms with Crippen molar-refractivity contribution in [1.29, 1.82) is 5.26 Å². The number of carbonyl (C=O) groups is 1. The third-order valence-electron chi connectivity index (χ3n) is 5.94. The number of nitriles is 1. The van der Waals surface area contributed by atoms with Crippen LogP contribution < -0.4 is 0 Å². The summed E-state index contributed by atoms with van der Waals surface area (Å²) in [5, 5.41) is 10.0. The van der Waals surface area contributed by atoms with Gasteiger partial charge in [-0.05, 0) is 62.8 Å². The number of ether oxygens (including phenoxy) is 1. The summed E-state index contributed by atoms with van der Waals surface area (Å²) in [6, 6.07) is 12.2. The predicted octanol–water partition coefficient (Wildman–Crippen LogP) is 6.99. The summed E-state index contributed by atoms with van der Waals surface area (Å²) >= 11 is 0.